The van der Waals surface area contributed by atoms with Crippen molar-refractivity contribution in [3.63, 3.8) is 0 Å². The van der Waals surface area contributed by atoms with Crippen LogP contribution >= 0.6 is 11.6 Å². The molecule has 118 valence electrons. The lowest BCUT2D eigenvalue weighted by atomic mass is 9.92. The first kappa shape index (κ1) is 16.9. The van der Waals surface area contributed by atoms with Crippen LogP contribution < -0.4 is 11.1 Å². The maximum Gasteiger partial charge on any atom is 0.123 e. The molecule has 0 aliphatic carbocycles. The van der Waals surface area contributed by atoms with Gasteiger partial charge in [-0.1, -0.05) is 36.7 Å². The van der Waals surface area contributed by atoms with E-state index in [0.717, 1.165) is 36.5 Å². The normalized spacial score (nSPS) is 16.5. The summed E-state index contributed by atoms with van der Waals surface area (Å²) < 4.78 is 13.3. The molecule has 22 heavy (non-hydrogen) atoms. The number of benzene rings is 2. The minimum absolute atomic E-state index is 0.147. The molecule has 0 amide bonds. The predicted molar refractivity (Wildman–Crippen MR) is 90.6 cm³/mol. The van der Waals surface area contributed by atoms with Crippen molar-refractivity contribution in [2.24, 2.45) is 5.73 Å². The van der Waals surface area contributed by atoms with Crippen LogP contribution in [0.25, 0.3) is 0 Å². The molecule has 3 N–H and O–H groups in total. The number of hydrogen-bond donors (Lipinski definition) is 2. The maximum atomic E-state index is 13.3. The monoisotopic (exact) mass is 320 g/mol. The quantitative estimate of drug-likeness (QED) is 0.885. The van der Waals surface area contributed by atoms with Gasteiger partial charge in [-0.3, -0.25) is 0 Å². The van der Waals surface area contributed by atoms with E-state index in [1.54, 1.807) is 6.07 Å². The van der Waals surface area contributed by atoms with E-state index in [4.69, 9.17) is 17.3 Å². The molecule has 2 aromatic rings. The van der Waals surface area contributed by atoms with Crippen molar-refractivity contribution in [3.8, 4) is 0 Å². The van der Waals surface area contributed by atoms with Crippen molar-refractivity contribution < 1.29 is 4.39 Å². The summed E-state index contributed by atoms with van der Waals surface area (Å²) in [5, 5.41) is 4.26. The molecule has 0 spiro atoms. The summed E-state index contributed by atoms with van der Waals surface area (Å²) in [6.07, 6.45) is 1.81. The van der Waals surface area contributed by atoms with E-state index in [2.05, 4.69) is 5.32 Å². The minimum atomic E-state index is -0.147. The van der Waals surface area contributed by atoms with E-state index in [0.29, 0.717) is 6.04 Å². The second-order valence-corrected chi connectivity index (χ2v) is 5.87. The van der Waals surface area contributed by atoms with Gasteiger partial charge in [0.25, 0.3) is 0 Å². The predicted octanol–water partition coefficient (Wildman–Crippen LogP) is 3.70. The lowest BCUT2D eigenvalue weighted by Crippen LogP contribution is -2.37. The van der Waals surface area contributed by atoms with Crippen LogP contribution in [0.2, 0.25) is 5.02 Å². The highest BCUT2D eigenvalue weighted by Crippen LogP contribution is 2.20. The van der Waals surface area contributed by atoms with Gasteiger partial charge in [0.1, 0.15) is 5.82 Å². The SMILES string of the molecule is CCN.Fc1ccc2c(c1)CC(Cc1ccc(Cl)cc1)NC2. The summed E-state index contributed by atoms with van der Waals surface area (Å²) >= 11 is 5.88. The third kappa shape index (κ3) is 4.80. The molecular formula is C18H22ClFN2. The van der Waals surface area contributed by atoms with Gasteiger partial charge in [-0.15, -0.1) is 0 Å². The van der Waals surface area contributed by atoms with E-state index < -0.39 is 0 Å². The van der Waals surface area contributed by atoms with Crippen LogP contribution in [0.4, 0.5) is 4.39 Å². The summed E-state index contributed by atoms with van der Waals surface area (Å²) in [6, 6.07) is 13.3. The number of hydrogen-bond acceptors (Lipinski definition) is 2. The zero-order valence-electron chi connectivity index (χ0n) is 12.8. The standard InChI is InChI=1S/C16H15ClFN.C2H7N/c17-14-4-1-11(2-5-14)7-16-9-13-8-15(18)6-3-12(13)10-19-16;1-2-3/h1-6,8,16,19H,7,9-10H2;2-3H2,1H3. The van der Waals surface area contributed by atoms with Gasteiger partial charge >= 0.3 is 0 Å². The molecule has 1 heterocycles. The fraction of sp³-hybridized carbons (Fsp3) is 0.333. The molecule has 1 aliphatic heterocycles. The first-order chi connectivity index (χ1) is 10.6. The Morgan fingerprint density at radius 2 is 1.86 bits per heavy atom. The molecule has 2 aromatic carbocycles. The van der Waals surface area contributed by atoms with Gasteiger partial charge in [-0.25, -0.2) is 4.39 Å². The molecule has 2 nitrogen and oxygen atoms in total. The van der Waals surface area contributed by atoms with E-state index in [1.807, 2.05) is 37.3 Å². The maximum absolute atomic E-state index is 13.3. The highest BCUT2D eigenvalue weighted by atomic mass is 35.5. The summed E-state index contributed by atoms with van der Waals surface area (Å²) in [4.78, 5) is 0. The largest absolute Gasteiger partial charge is 0.331 e. The van der Waals surface area contributed by atoms with Crippen molar-refractivity contribution in [3.05, 3.63) is 70.0 Å². The zero-order valence-corrected chi connectivity index (χ0v) is 13.5. The van der Waals surface area contributed by atoms with Crippen LogP contribution in [0.5, 0.6) is 0 Å². The molecule has 0 radical (unpaired) electrons. The van der Waals surface area contributed by atoms with Crippen molar-refractivity contribution in [1.82, 2.24) is 5.32 Å². The Labute approximate surface area is 136 Å². The number of halogens is 2. The molecule has 0 fully saturated rings. The van der Waals surface area contributed by atoms with Gasteiger partial charge in [0.05, 0.1) is 0 Å². The Morgan fingerprint density at radius 1 is 1.18 bits per heavy atom. The van der Waals surface area contributed by atoms with Crippen LogP contribution in [0.1, 0.15) is 23.6 Å². The number of nitrogens with one attached hydrogen (secondary N) is 1. The highest BCUT2D eigenvalue weighted by Gasteiger charge is 2.18. The van der Waals surface area contributed by atoms with Gasteiger partial charge in [-0.2, -0.15) is 0 Å². The molecule has 1 unspecified atom stereocenters. The molecule has 3 rings (SSSR count). The number of rotatable bonds is 2. The van der Waals surface area contributed by atoms with Crippen LogP contribution in [0.15, 0.2) is 42.5 Å². The summed E-state index contributed by atoms with van der Waals surface area (Å²) in [6.45, 7) is 3.47. The fourth-order valence-electron chi connectivity index (χ4n) is 2.60. The Morgan fingerprint density at radius 3 is 2.55 bits per heavy atom. The minimum Gasteiger partial charge on any atom is -0.331 e. The molecule has 0 saturated heterocycles. The van der Waals surface area contributed by atoms with Crippen molar-refractivity contribution in [2.45, 2.75) is 32.4 Å². The van der Waals surface area contributed by atoms with Gasteiger partial charge in [0.2, 0.25) is 0 Å². The average Bonchev–Trinajstić information content (AvgIpc) is 2.50. The van der Waals surface area contributed by atoms with E-state index in [9.17, 15) is 4.39 Å². The van der Waals surface area contributed by atoms with Crippen molar-refractivity contribution in [1.29, 1.82) is 0 Å². The second kappa shape index (κ2) is 8.28. The van der Waals surface area contributed by atoms with E-state index in [-0.39, 0.29) is 5.82 Å². The molecule has 0 saturated carbocycles. The molecular weight excluding hydrogens is 299 g/mol. The highest BCUT2D eigenvalue weighted by molar-refractivity contribution is 6.30. The van der Waals surface area contributed by atoms with E-state index in [1.165, 1.54) is 17.2 Å². The van der Waals surface area contributed by atoms with Crippen molar-refractivity contribution >= 4 is 11.6 Å². The first-order valence-corrected chi connectivity index (χ1v) is 7.95. The number of nitrogens with two attached hydrogens (primary N) is 1. The van der Waals surface area contributed by atoms with Crippen LogP contribution in [-0.2, 0) is 19.4 Å². The van der Waals surface area contributed by atoms with Gasteiger partial charge in [-0.05, 0) is 60.3 Å². The topological polar surface area (TPSA) is 38.0 Å². The summed E-state index contributed by atoms with van der Waals surface area (Å²) in [7, 11) is 0. The molecule has 1 atom stereocenters. The Bertz CT molecular complexity index is 599. The zero-order chi connectivity index (χ0) is 15.9. The van der Waals surface area contributed by atoms with Gasteiger partial charge < -0.3 is 11.1 Å². The third-order valence-electron chi connectivity index (χ3n) is 3.61. The summed E-state index contributed by atoms with van der Waals surface area (Å²) in [5.41, 5.74) is 8.42. The third-order valence-corrected chi connectivity index (χ3v) is 3.86. The van der Waals surface area contributed by atoms with Gasteiger partial charge in [0.15, 0.2) is 0 Å². The smallest absolute Gasteiger partial charge is 0.123 e. The molecule has 0 aromatic heterocycles. The van der Waals surface area contributed by atoms with E-state index >= 15 is 0 Å². The fourth-order valence-corrected chi connectivity index (χ4v) is 2.72. The van der Waals surface area contributed by atoms with Crippen LogP contribution in [0, 0.1) is 5.82 Å². The molecule has 4 heteroatoms. The van der Waals surface area contributed by atoms with Crippen molar-refractivity contribution in [2.75, 3.05) is 6.54 Å². The van der Waals surface area contributed by atoms with Crippen LogP contribution in [-0.4, -0.2) is 12.6 Å². The molecule has 0 bridgehead atoms. The Kier molecular flexibility index (Phi) is 6.37. The second-order valence-electron chi connectivity index (χ2n) is 5.43. The summed E-state index contributed by atoms with van der Waals surface area (Å²) in [5.74, 6) is -0.147. The lowest BCUT2D eigenvalue weighted by molar-refractivity contribution is 0.474. The number of fused-ring (bicyclic) bond motifs is 1. The Hall–Kier alpha value is -1.42. The lowest BCUT2D eigenvalue weighted by Gasteiger charge is -2.26. The van der Waals surface area contributed by atoms with Crippen LogP contribution in [0.3, 0.4) is 0 Å². The average molecular weight is 321 g/mol. The first-order valence-electron chi connectivity index (χ1n) is 7.57. The van der Waals surface area contributed by atoms with Gasteiger partial charge in [0, 0.05) is 17.6 Å². The molecule has 1 aliphatic rings. The Balaban J connectivity index is 0.000000545.